The van der Waals surface area contributed by atoms with Crippen LogP contribution in [-0.4, -0.2) is 20.0 Å². The van der Waals surface area contributed by atoms with Gasteiger partial charge in [-0.05, 0) is 53.9 Å². The minimum atomic E-state index is -0.948. The van der Waals surface area contributed by atoms with Crippen LogP contribution in [0.5, 0.6) is 0 Å². The van der Waals surface area contributed by atoms with E-state index in [1.807, 2.05) is 13.8 Å². The number of hydrogen-bond donors (Lipinski definition) is 0. The molecule has 0 radical (unpaired) electrons. The molecule has 0 heterocycles. The van der Waals surface area contributed by atoms with Crippen molar-refractivity contribution in [1.29, 1.82) is 0 Å². The van der Waals surface area contributed by atoms with Gasteiger partial charge in [0.15, 0.2) is 0 Å². The van der Waals surface area contributed by atoms with Crippen molar-refractivity contribution in [2.75, 3.05) is 20.0 Å². The van der Waals surface area contributed by atoms with E-state index in [0.29, 0.717) is 0 Å². The van der Waals surface area contributed by atoms with Crippen molar-refractivity contribution in [3.05, 3.63) is 47.7 Å². The maximum absolute atomic E-state index is 4.62. The quantitative estimate of drug-likeness (QED) is 0.365. The Morgan fingerprint density at radius 3 is 2.11 bits per heavy atom. The van der Waals surface area contributed by atoms with E-state index in [1.54, 1.807) is 0 Å². The van der Waals surface area contributed by atoms with Gasteiger partial charge in [0.1, 0.15) is 0 Å². The summed E-state index contributed by atoms with van der Waals surface area (Å²) in [7, 11) is -0.948. The third-order valence-corrected chi connectivity index (χ3v) is 3.14. The Morgan fingerprint density at radius 1 is 1.33 bits per heavy atom. The second-order valence-electron chi connectivity index (χ2n) is 5.08. The van der Waals surface area contributed by atoms with Crippen LogP contribution in [0.25, 0.3) is 0 Å². The molecule has 1 rings (SSSR count). The Kier molecular flexibility index (Phi) is 11.0. The Bertz CT molecular complexity index is 400. The zero-order chi connectivity index (χ0) is 13.5. The molecule has 0 aromatic heterocycles. The number of hydrogen-bond acceptors (Lipinski definition) is 1. The van der Waals surface area contributed by atoms with Gasteiger partial charge in [-0.15, -0.1) is 0 Å². The molecule has 0 saturated heterocycles. The van der Waals surface area contributed by atoms with E-state index in [2.05, 4.69) is 62.5 Å². The van der Waals surface area contributed by atoms with Crippen molar-refractivity contribution >= 4 is 7.05 Å². The van der Waals surface area contributed by atoms with Crippen molar-refractivity contribution in [3.63, 3.8) is 0 Å². The molecular formula is C15H26NPTi. The first-order chi connectivity index (χ1) is 7.76. The number of nitrogens with zero attached hydrogens (tertiary/aromatic N) is 1. The molecule has 0 fully saturated rings. The van der Waals surface area contributed by atoms with Gasteiger partial charge in [-0.25, -0.2) is 0 Å². The first kappa shape index (κ1) is 20.2. The first-order valence-electron chi connectivity index (χ1n) is 5.95. The van der Waals surface area contributed by atoms with Crippen LogP contribution in [0.4, 0.5) is 0 Å². The van der Waals surface area contributed by atoms with Gasteiger partial charge in [-0.3, -0.25) is 4.74 Å². The Labute approximate surface area is 128 Å². The van der Waals surface area contributed by atoms with Crippen molar-refractivity contribution in [2.24, 2.45) is 4.74 Å². The maximum atomic E-state index is 4.62. The van der Waals surface area contributed by atoms with E-state index >= 15 is 0 Å². The van der Waals surface area contributed by atoms with E-state index < -0.39 is 7.05 Å². The zero-order valence-electron chi connectivity index (χ0n) is 12.6. The molecule has 18 heavy (non-hydrogen) atoms. The molecule has 0 aromatic rings. The van der Waals surface area contributed by atoms with Gasteiger partial charge in [0.2, 0.25) is 0 Å². The molecule has 0 aromatic carbocycles. The second-order valence-corrected chi connectivity index (χ2v) is 9.17. The molecule has 1 nitrogen and oxygen atoms in total. The molecule has 0 saturated carbocycles. The summed E-state index contributed by atoms with van der Waals surface area (Å²) < 4.78 is 4.62. The summed E-state index contributed by atoms with van der Waals surface area (Å²) in [5.74, 6) is 0. The van der Waals surface area contributed by atoms with Crippen molar-refractivity contribution in [1.82, 2.24) is 0 Å². The normalized spacial score (nSPS) is 14.1. The van der Waals surface area contributed by atoms with E-state index in [0.717, 1.165) is 12.0 Å². The topological polar surface area (TPSA) is 12.4 Å². The molecule has 0 N–H and O–H groups in total. The largest absolute Gasteiger partial charge is 0.272 e. The minimum Gasteiger partial charge on any atom is -0.272 e. The predicted molar refractivity (Wildman–Crippen MR) is 83.2 cm³/mol. The van der Waals surface area contributed by atoms with Gasteiger partial charge < -0.3 is 0 Å². The number of allylic oxidation sites excluding steroid dienone is 6. The molecule has 1 aliphatic rings. The third kappa shape index (κ3) is 11.0. The summed E-state index contributed by atoms with van der Waals surface area (Å²) in [5.41, 5.74) is 3.68. The summed E-state index contributed by atoms with van der Waals surface area (Å²) in [6.07, 6.45) is 9.42. The minimum absolute atomic E-state index is 0. The summed E-state index contributed by atoms with van der Waals surface area (Å²) in [5, 5.41) is 0. The molecule has 3 heteroatoms. The SMILES string of the molecule is C=C(C)C(C)=CC.CP(C)(C)=NC1=CC=CC1.[Ti]. The van der Waals surface area contributed by atoms with Crippen LogP contribution in [0.3, 0.4) is 0 Å². The third-order valence-electron chi connectivity index (χ3n) is 2.29. The fourth-order valence-electron chi connectivity index (χ4n) is 1.14. The van der Waals surface area contributed by atoms with E-state index in [9.17, 15) is 0 Å². The smallest absolute Gasteiger partial charge is 0.0424 e. The zero-order valence-corrected chi connectivity index (χ0v) is 15.1. The van der Waals surface area contributed by atoms with E-state index in [-0.39, 0.29) is 21.7 Å². The van der Waals surface area contributed by atoms with Crippen LogP contribution in [0.15, 0.2) is 52.5 Å². The standard InChI is InChI=1S/C8H14NP.C7H12.Ti/c1-10(2,3)9-8-6-4-5-7-8;1-5-7(4)6(2)3;/h4-6H,7H2,1-3H3;5H,2H2,1,3-4H3;. The van der Waals surface area contributed by atoms with Crippen molar-refractivity contribution < 1.29 is 21.7 Å². The maximum Gasteiger partial charge on any atom is 0.0424 e. The molecule has 0 aliphatic heterocycles. The van der Waals surface area contributed by atoms with E-state index in [1.165, 1.54) is 11.3 Å². The van der Waals surface area contributed by atoms with Gasteiger partial charge in [-0.2, -0.15) is 0 Å². The molecule has 0 unspecified atom stereocenters. The monoisotopic (exact) mass is 299 g/mol. The van der Waals surface area contributed by atoms with Crippen molar-refractivity contribution in [2.45, 2.75) is 27.2 Å². The summed E-state index contributed by atoms with van der Waals surface area (Å²) in [6.45, 7) is 16.5. The molecule has 0 bridgehead atoms. The Morgan fingerprint density at radius 2 is 1.89 bits per heavy atom. The average Bonchev–Trinajstić information content (AvgIpc) is 2.67. The molecule has 0 amide bonds. The van der Waals surface area contributed by atoms with Crippen LogP contribution >= 0.6 is 7.05 Å². The Balaban J connectivity index is 0. The van der Waals surface area contributed by atoms with Gasteiger partial charge in [0.05, 0.1) is 0 Å². The summed E-state index contributed by atoms with van der Waals surface area (Å²) in [4.78, 5) is 0. The second kappa shape index (κ2) is 9.78. The van der Waals surface area contributed by atoms with Gasteiger partial charge in [-0.1, -0.05) is 36.0 Å². The average molecular weight is 299 g/mol. The van der Waals surface area contributed by atoms with Crippen LogP contribution in [0.1, 0.15) is 27.2 Å². The van der Waals surface area contributed by atoms with Crippen LogP contribution in [0.2, 0.25) is 0 Å². The van der Waals surface area contributed by atoms with Crippen molar-refractivity contribution in [3.8, 4) is 0 Å². The molecule has 0 spiro atoms. The molecule has 0 atom stereocenters. The van der Waals surface area contributed by atoms with Gasteiger partial charge >= 0.3 is 0 Å². The van der Waals surface area contributed by atoms with Crippen LogP contribution < -0.4 is 0 Å². The predicted octanol–water partition coefficient (Wildman–Crippen LogP) is 5.45. The fraction of sp³-hybridized carbons (Fsp3) is 0.467. The first-order valence-corrected chi connectivity index (χ1v) is 9.04. The summed E-state index contributed by atoms with van der Waals surface area (Å²) in [6, 6.07) is 0. The van der Waals surface area contributed by atoms with Gasteiger partial charge in [0, 0.05) is 33.8 Å². The summed E-state index contributed by atoms with van der Waals surface area (Å²) >= 11 is 0. The van der Waals surface area contributed by atoms with Crippen LogP contribution in [0, 0.1) is 0 Å². The van der Waals surface area contributed by atoms with Gasteiger partial charge in [0.25, 0.3) is 0 Å². The fourth-order valence-corrected chi connectivity index (χ4v) is 2.06. The number of rotatable bonds is 2. The van der Waals surface area contributed by atoms with E-state index in [4.69, 9.17) is 0 Å². The van der Waals surface area contributed by atoms with Crippen LogP contribution in [-0.2, 0) is 21.7 Å². The molecule has 1 aliphatic carbocycles. The molecular weight excluding hydrogens is 273 g/mol. The molecule has 100 valence electrons. The Hall–Kier alpha value is -0.0957.